The highest BCUT2D eigenvalue weighted by Gasteiger charge is 2.22. The molecule has 0 atom stereocenters. The van der Waals surface area contributed by atoms with Crippen LogP contribution in [0, 0.1) is 0 Å². The van der Waals surface area contributed by atoms with E-state index in [1.165, 1.54) is 29.6 Å². The number of ether oxygens (including phenoxy) is 1. The lowest BCUT2D eigenvalue weighted by Gasteiger charge is -2.18. The lowest BCUT2D eigenvalue weighted by Crippen LogP contribution is -2.13. The summed E-state index contributed by atoms with van der Waals surface area (Å²) in [5.74, 6) is 0.860. The van der Waals surface area contributed by atoms with E-state index in [1.807, 2.05) is 13.1 Å². The standard InChI is InChI=1S/C20H26N4O/c1-22-10-5-11-24-17-9-8-13(25-2)12-15(17)18-19(21)14-6-3-4-7-16(14)23-20(18)24/h8-9,12,22H,3-7,10-11H2,1-2H3,(H2,21,23). The molecule has 1 aliphatic carbocycles. The molecule has 0 fully saturated rings. The molecule has 3 N–H and O–H groups in total. The van der Waals surface area contributed by atoms with Gasteiger partial charge in [0, 0.05) is 23.3 Å². The first kappa shape index (κ1) is 16.2. The number of pyridine rings is 1. The number of nitrogens with one attached hydrogen (secondary N) is 1. The molecule has 0 unspecified atom stereocenters. The van der Waals surface area contributed by atoms with Crippen LogP contribution in [0.3, 0.4) is 0 Å². The molecule has 0 bridgehead atoms. The maximum absolute atomic E-state index is 6.66. The monoisotopic (exact) mass is 338 g/mol. The van der Waals surface area contributed by atoms with Crippen LogP contribution in [0.1, 0.15) is 30.5 Å². The summed E-state index contributed by atoms with van der Waals surface area (Å²) in [6.07, 6.45) is 5.55. The summed E-state index contributed by atoms with van der Waals surface area (Å²) in [6.45, 7) is 1.91. The van der Waals surface area contributed by atoms with Crippen LogP contribution in [0.5, 0.6) is 5.75 Å². The minimum atomic E-state index is 0.860. The maximum atomic E-state index is 6.66. The molecule has 0 radical (unpaired) electrons. The Labute approximate surface area is 148 Å². The summed E-state index contributed by atoms with van der Waals surface area (Å²) < 4.78 is 7.78. The smallest absolute Gasteiger partial charge is 0.143 e. The van der Waals surface area contributed by atoms with Gasteiger partial charge in [-0.1, -0.05) is 0 Å². The van der Waals surface area contributed by atoms with Crippen molar-refractivity contribution in [2.75, 3.05) is 26.4 Å². The van der Waals surface area contributed by atoms with Crippen LogP contribution in [0.2, 0.25) is 0 Å². The van der Waals surface area contributed by atoms with E-state index in [0.29, 0.717) is 0 Å². The fourth-order valence-corrected chi connectivity index (χ4v) is 4.05. The molecule has 3 aromatic rings. The number of aromatic nitrogens is 2. The van der Waals surface area contributed by atoms with Gasteiger partial charge >= 0.3 is 0 Å². The Morgan fingerprint density at radius 2 is 2.12 bits per heavy atom. The van der Waals surface area contributed by atoms with Gasteiger partial charge < -0.3 is 20.4 Å². The first-order valence-electron chi connectivity index (χ1n) is 9.16. The van der Waals surface area contributed by atoms with Gasteiger partial charge in [0.25, 0.3) is 0 Å². The van der Waals surface area contributed by atoms with Crippen molar-refractivity contribution in [2.45, 2.75) is 38.6 Å². The van der Waals surface area contributed by atoms with Gasteiger partial charge in [-0.2, -0.15) is 0 Å². The zero-order valence-electron chi connectivity index (χ0n) is 15.1. The van der Waals surface area contributed by atoms with E-state index in [0.717, 1.165) is 60.2 Å². The molecule has 0 aliphatic heterocycles. The predicted molar refractivity (Wildman–Crippen MR) is 103 cm³/mol. The van der Waals surface area contributed by atoms with E-state index in [1.54, 1.807) is 7.11 Å². The highest BCUT2D eigenvalue weighted by molar-refractivity contribution is 6.13. The van der Waals surface area contributed by atoms with Crippen molar-refractivity contribution in [3.05, 3.63) is 29.5 Å². The second-order valence-corrected chi connectivity index (χ2v) is 6.85. The minimum Gasteiger partial charge on any atom is -0.497 e. The molecule has 132 valence electrons. The summed E-state index contributed by atoms with van der Waals surface area (Å²) in [7, 11) is 3.69. The Balaban J connectivity index is 2.01. The number of hydrogen-bond donors (Lipinski definition) is 2. The van der Waals surface area contributed by atoms with Gasteiger partial charge in [0.2, 0.25) is 0 Å². The van der Waals surface area contributed by atoms with E-state index in [2.05, 4.69) is 22.0 Å². The Bertz CT molecular complexity index is 929. The molecular formula is C20H26N4O. The third-order valence-electron chi connectivity index (χ3n) is 5.33. The van der Waals surface area contributed by atoms with Crippen LogP contribution in [0.15, 0.2) is 18.2 Å². The molecule has 1 aromatic carbocycles. The Hall–Kier alpha value is -2.27. The fourth-order valence-electron chi connectivity index (χ4n) is 4.05. The number of aryl methyl sites for hydroxylation is 2. The molecule has 5 heteroatoms. The van der Waals surface area contributed by atoms with Crippen molar-refractivity contribution in [1.29, 1.82) is 0 Å². The van der Waals surface area contributed by atoms with Crippen molar-refractivity contribution in [2.24, 2.45) is 0 Å². The molecule has 5 nitrogen and oxygen atoms in total. The molecule has 1 aliphatic rings. The van der Waals surface area contributed by atoms with Gasteiger partial charge in [0.15, 0.2) is 0 Å². The average Bonchev–Trinajstić information content (AvgIpc) is 2.95. The average molecular weight is 338 g/mol. The minimum absolute atomic E-state index is 0.860. The van der Waals surface area contributed by atoms with Crippen molar-refractivity contribution < 1.29 is 4.74 Å². The molecule has 0 amide bonds. The quantitative estimate of drug-likeness (QED) is 0.701. The first-order chi connectivity index (χ1) is 12.2. The second kappa shape index (κ2) is 6.56. The van der Waals surface area contributed by atoms with Gasteiger partial charge in [-0.15, -0.1) is 0 Å². The van der Waals surface area contributed by atoms with Crippen molar-refractivity contribution >= 4 is 27.6 Å². The second-order valence-electron chi connectivity index (χ2n) is 6.85. The molecular weight excluding hydrogens is 312 g/mol. The fraction of sp³-hybridized carbons (Fsp3) is 0.450. The summed E-state index contributed by atoms with van der Waals surface area (Å²) in [4.78, 5) is 5.07. The summed E-state index contributed by atoms with van der Waals surface area (Å²) in [5, 5.41) is 5.47. The van der Waals surface area contributed by atoms with E-state index in [9.17, 15) is 0 Å². The summed E-state index contributed by atoms with van der Waals surface area (Å²) >= 11 is 0. The van der Waals surface area contributed by atoms with Crippen LogP contribution in [0.25, 0.3) is 21.9 Å². The molecule has 0 saturated carbocycles. The SMILES string of the molecule is CNCCCn1c2ccc(OC)cc2c2c(N)c3c(nc21)CCCC3. The number of anilines is 1. The van der Waals surface area contributed by atoms with E-state index >= 15 is 0 Å². The first-order valence-corrected chi connectivity index (χ1v) is 9.16. The highest BCUT2D eigenvalue weighted by atomic mass is 16.5. The number of benzene rings is 1. The zero-order valence-corrected chi connectivity index (χ0v) is 15.1. The van der Waals surface area contributed by atoms with E-state index in [-0.39, 0.29) is 0 Å². The summed E-state index contributed by atoms with van der Waals surface area (Å²) in [5.41, 5.74) is 12.2. The van der Waals surface area contributed by atoms with Crippen LogP contribution < -0.4 is 15.8 Å². The molecule has 25 heavy (non-hydrogen) atoms. The third kappa shape index (κ3) is 2.63. The number of nitrogens with zero attached hydrogens (tertiary/aromatic N) is 2. The molecule has 0 spiro atoms. The normalized spacial score (nSPS) is 14.2. The van der Waals surface area contributed by atoms with Crippen molar-refractivity contribution in [3.63, 3.8) is 0 Å². The van der Waals surface area contributed by atoms with Gasteiger partial charge in [0.05, 0.1) is 18.0 Å². The molecule has 2 aromatic heterocycles. The number of rotatable bonds is 5. The topological polar surface area (TPSA) is 65.1 Å². The van der Waals surface area contributed by atoms with Crippen molar-refractivity contribution in [3.8, 4) is 5.75 Å². The molecule has 0 saturated heterocycles. The number of methoxy groups -OCH3 is 1. The molecule has 4 rings (SSSR count). The maximum Gasteiger partial charge on any atom is 0.143 e. The highest BCUT2D eigenvalue weighted by Crippen LogP contribution is 2.38. The number of nitrogen functional groups attached to an aromatic ring is 1. The lowest BCUT2D eigenvalue weighted by atomic mass is 9.93. The van der Waals surface area contributed by atoms with Gasteiger partial charge in [-0.05, 0) is 69.5 Å². The van der Waals surface area contributed by atoms with Gasteiger partial charge in [-0.3, -0.25) is 0 Å². The zero-order chi connectivity index (χ0) is 17.4. The Kier molecular flexibility index (Phi) is 4.25. The third-order valence-corrected chi connectivity index (χ3v) is 5.33. The van der Waals surface area contributed by atoms with Crippen LogP contribution in [-0.4, -0.2) is 30.3 Å². The van der Waals surface area contributed by atoms with Gasteiger partial charge in [-0.25, -0.2) is 4.98 Å². The Morgan fingerprint density at radius 3 is 2.92 bits per heavy atom. The summed E-state index contributed by atoms with van der Waals surface area (Å²) in [6, 6.07) is 6.25. The van der Waals surface area contributed by atoms with Crippen LogP contribution in [0.4, 0.5) is 5.69 Å². The lowest BCUT2D eigenvalue weighted by molar-refractivity contribution is 0.415. The number of nitrogens with two attached hydrogens (primary N) is 1. The van der Waals surface area contributed by atoms with Gasteiger partial charge in [0.1, 0.15) is 11.4 Å². The number of fused-ring (bicyclic) bond motifs is 4. The largest absolute Gasteiger partial charge is 0.497 e. The Morgan fingerprint density at radius 1 is 1.28 bits per heavy atom. The van der Waals surface area contributed by atoms with Crippen LogP contribution >= 0.6 is 0 Å². The van der Waals surface area contributed by atoms with E-state index < -0.39 is 0 Å². The molecule has 2 heterocycles. The predicted octanol–water partition coefficient (Wildman–Crippen LogP) is 3.27. The number of hydrogen-bond acceptors (Lipinski definition) is 4. The van der Waals surface area contributed by atoms with Crippen molar-refractivity contribution in [1.82, 2.24) is 14.9 Å². The van der Waals surface area contributed by atoms with E-state index in [4.69, 9.17) is 15.5 Å². The van der Waals surface area contributed by atoms with Crippen LogP contribution in [-0.2, 0) is 19.4 Å².